The first kappa shape index (κ1) is 23.3. The molecule has 33 heavy (non-hydrogen) atoms. The van der Waals surface area contributed by atoms with E-state index in [1.165, 1.54) is 54.6 Å². The van der Waals surface area contributed by atoms with Gasteiger partial charge in [-0.15, -0.1) is 0 Å². The number of carbonyl (C=O) groups excluding carboxylic acids is 1. The summed E-state index contributed by atoms with van der Waals surface area (Å²) in [6.45, 7) is 0.902. The summed E-state index contributed by atoms with van der Waals surface area (Å²) in [5.74, 6) is -0.787. The average molecular weight is 470 g/mol. The van der Waals surface area contributed by atoms with Gasteiger partial charge in [0, 0.05) is 24.3 Å². The van der Waals surface area contributed by atoms with E-state index in [2.05, 4.69) is 5.32 Å². The minimum atomic E-state index is -4.27. The molecule has 0 aliphatic carbocycles. The number of amides is 1. The fourth-order valence-corrected chi connectivity index (χ4v) is 4.41. The van der Waals surface area contributed by atoms with Crippen LogP contribution in [0.3, 0.4) is 0 Å². The van der Waals surface area contributed by atoms with Gasteiger partial charge < -0.3 is 5.32 Å². The molecule has 0 aliphatic rings. The third-order valence-corrected chi connectivity index (χ3v) is 6.44. The maximum absolute atomic E-state index is 13.3. The largest absolute Gasteiger partial charge is 0.324 e. The first-order valence-corrected chi connectivity index (χ1v) is 10.9. The molecular formula is C21H18N4O7S. The second-order valence-electron chi connectivity index (χ2n) is 6.91. The van der Waals surface area contributed by atoms with Gasteiger partial charge in [-0.3, -0.25) is 29.3 Å². The highest BCUT2D eigenvalue weighted by molar-refractivity contribution is 7.92. The number of benzene rings is 3. The molecule has 0 bridgehead atoms. The number of nitro benzene ring substituents is 2. The van der Waals surface area contributed by atoms with Gasteiger partial charge in [0.2, 0.25) is 5.91 Å². The van der Waals surface area contributed by atoms with Gasteiger partial charge in [-0.1, -0.05) is 30.3 Å². The van der Waals surface area contributed by atoms with Crippen LogP contribution in [0.25, 0.3) is 0 Å². The molecule has 170 valence electrons. The molecule has 0 fully saturated rings. The first-order chi connectivity index (χ1) is 15.6. The molecule has 0 heterocycles. The Kier molecular flexibility index (Phi) is 6.68. The SMILES string of the molecule is Cc1ccc([N+](=O)[O-])cc1NC(=O)CN(c1cccc([N+](=O)[O-])c1)S(=O)(=O)c1ccccc1. The summed E-state index contributed by atoms with van der Waals surface area (Å²) in [5.41, 5.74) is -0.00919. The van der Waals surface area contributed by atoms with Crippen LogP contribution in [0.1, 0.15) is 5.56 Å². The Morgan fingerprint density at radius 1 is 0.909 bits per heavy atom. The van der Waals surface area contributed by atoms with Crippen molar-refractivity contribution < 1.29 is 23.1 Å². The molecule has 0 saturated carbocycles. The molecule has 0 aliphatic heterocycles. The number of anilines is 2. The summed E-state index contributed by atoms with van der Waals surface area (Å²) in [6.07, 6.45) is 0. The number of hydrogen-bond acceptors (Lipinski definition) is 7. The maximum Gasteiger partial charge on any atom is 0.271 e. The predicted molar refractivity (Wildman–Crippen MR) is 121 cm³/mol. The van der Waals surface area contributed by atoms with Crippen molar-refractivity contribution in [3.63, 3.8) is 0 Å². The Labute approximate surface area is 188 Å². The van der Waals surface area contributed by atoms with Crippen molar-refractivity contribution in [3.05, 3.63) is 98.6 Å². The summed E-state index contributed by atoms with van der Waals surface area (Å²) < 4.78 is 27.3. The fourth-order valence-electron chi connectivity index (χ4n) is 2.97. The number of aryl methyl sites for hydroxylation is 1. The molecule has 11 nitrogen and oxygen atoms in total. The Morgan fingerprint density at radius 2 is 1.55 bits per heavy atom. The first-order valence-electron chi connectivity index (χ1n) is 9.47. The van der Waals surface area contributed by atoms with Crippen molar-refractivity contribution >= 4 is 38.7 Å². The second kappa shape index (κ2) is 9.44. The summed E-state index contributed by atoms with van der Waals surface area (Å²) in [6, 6.07) is 16.1. The zero-order valence-electron chi connectivity index (χ0n) is 17.2. The van der Waals surface area contributed by atoms with Crippen LogP contribution in [-0.2, 0) is 14.8 Å². The molecule has 3 rings (SSSR count). The topological polar surface area (TPSA) is 153 Å². The summed E-state index contributed by atoms with van der Waals surface area (Å²) in [7, 11) is -4.27. The lowest BCUT2D eigenvalue weighted by Crippen LogP contribution is -2.38. The van der Waals surface area contributed by atoms with E-state index < -0.39 is 32.3 Å². The van der Waals surface area contributed by atoms with Crippen LogP contribution in [0.2, 0.25) is 0 Å². The zero-order chi connectivity index (χ0) is 24.2. The van der Waals surface area contributed by atoms with Crippen molar-refractivity contribution in [2.75, 3.05) is 16.2 Å². The normalized spacial score (nSPS) is 10.9. The standard InChI is InChI=1S/C21H18N4O7S/c1-15-10-11-18(25(29)30)13-20(15)22-21(26)14-23(16-6-5-7-17(12-16)24(27)28)33(31,32)19-8-3-2-4-9-19/h2-13H,14H2,1H3,(H,22,26). The molecule has 0 unspecified atom stereocenters. The van der Waals surface area contributed by atoms with Crippen LogP contribution in [0, 0.1) is 27.2 Å². The van der Waals surface area contributed by atoms with Crippen molar-refractivity contribution in [2.24, 2.45) is 0 Å². The van der Waals surface area contributed by atoms with Gasteiger partial charge in [0.25, 0.3) is 21.4 Å². The molecule has 0 spiro atoms. The van der Waals surface area contributed by atoms with Gasteiger partial charge in [-0.25, -0.2) is 8.42 Å². The second-order valence-corrected chi connectivity index (χ2v) is 8.77. The number of nitrogens with zero attached hydrogens (tertiary/aromatic N) is 3. The van der Waals surface area contributed by atoms with Crippen molar-refractivity contribution in [2.45, 2.75) is 11.8 Å². The van der Waals surface area contributed by atoms with Crippen LogP contribution in [0.15, 0.2) is 77.7 Å². The predicted octanol–water partition coefficient (Wildman–Crippen LogP) is 3.65. The number of nitro groups is 2. The molecule has 0 radical (unpaired) electrons. The van der Waals surface area contributed by atoms with E-state index in [0.717, 1.165) is 16.4 Å². The van der Waals surface area contributed by atoms with Gasteiger partial charge in [0.1, 0.15) is 6.54 Å². The summed E-state index contributed by atoms with van der Waals surface area (Å²) >= 11 is 0. The minimum absolute atomic E-state index is 0.0843. The third-order valence-electron chi connectivity index (χ3n) is 4.65. The highest BCUT2D eigenvalue weighted by atomic mass is 32.2. The smallest absolute Gasteiger partial charge is 0.271 e. The lowest BCUT2D eigenvalue weighted by Gasteiger charge is -2.24. The van der Waals surface area contributed by atoms with E-state index >= 15 is 0 Å². The zero-order valence-corrected chi connectivity index (χ0v) is 18.1. The maximum atomic E-state index is 13.3. The molecule has 3 aromatic rings. The van der Waals surface area contributed by atoms with E-state index in [0.29, 0.717) is 5.56 Å². The van der Waals surface area contributed by atoms with E-state index in [4.69, 9.17) is 0 Å². The Balaban J connectivity index is 1.99. The molecule has 3 aromatic carbocycles. The van der Waals surface area contributed by atoms with Crippen molar-refractivity contribution in [1.82, 2.24) is 0 Å². The van der Waals surface area contributed by atoms with Crippen LogP contribution >= 0.6 is 0 Å². The number of non-ortho nitro benzene ring substituents is 2. The lowest BCUT2D eigenvalue weighted by molar-refractivity contribution is -0.385. The molecule has 0 atom stereocenters. The molecule has 0 aromatic heterocycles. The van der Waals surface area contributed by atoms with E-state index in [1.54, 1.807) is 13.0 Å². The van der Waals surface area contributed by atoms with Crippen LogP contribution in [-0.4, -0.2) is 30.7 Å². The van der Waals surface area contributed by atoms with Crippen LogP contribution in [0.4, 0.5) is 22.7 Å². The Hall–Kier alpha value is -4.32. The van der Waals surface area contributed by atoms with Gasteiger partial charge in [-0.05, 0) is 30.7 Å². The number of hydrogen-bond donors (Lipinski definition) is 1. The fraction of sp³-hybridized carbons (Fsp3) is 0.0952. The van der Waals surface area contributed by atoms with Gasteiger partial charge in [-0.2, -0.15) is 0 Å². The number of nitrogens with one attached hydrogen (secondary N) is 1. The summed E-state index contributed by atoms with van der Waals surface area (Å²) in [4.78, 5) is 33.6. The quantitative estimate of drug-likeness (QED) is 0.389. The number of rotatable bonds is 8. The molecule has 12 heteroatoms. The Bertz CT molecular complexity index is 1330. The monoisotopic (exact) mass is 470 g/mol. The molecular weight excluding hydrogens is 452 g/mol. The van der Waals surface area contributed by atoms with Crippen molar-refractivity contribution in [3.8, 4) is 0 Å². The lowest BCUT2D eigenvalue weighted by atomic mass is 10.2. The number of carbonyl (C=O) groups is 1. The van der Waals surface area contributed by atoms with Gasteiger partial charge >= 0.3 is 0 Å². The molecule has 1 N–H and O–H groups in total. The van der Waals surface area contributed by atoms with E-state index in [9.17, 15) is 33.4 Å². The van der Waals surface area contributed by atoms with E-state index in [-0.39, 0.29) is 27.6 Å². The van der Waals surface area contributed by atoms with Crippen LogP contribution < -0.4 is 9.62 Å². The highest BCUT2D eigenvalue weighted by Crippen LogP contribution is 2.27. The van der Waals surface area contributed by atoms with Gasteiger partial charge in [0.15, 0.2) is 0 Å². The molecule has 1 amide bonds. The third kappa shape index (κ3) is 5.30. The van der Waals surface area contributed by atoms with Crippen LogP contribution in [0.5, 0.6) is 0 Å². The average Bonchev–Trinajstić information content (AvgIpc) is 2.79. The van der Waals surface area contributed by atoms with E-state index in [1.807, 2.05) is 0 Å². The van der Waals surface area contributed by atoms with Crippen molar-refractivity contribution in [1.29, 1.82) is 0 Å². The molecule has 0 saturated heterocycles. The Morgan fingerprint density at radius 3 is 2.18 bits per heavy atom. The summed E-state index contributed by atoms with van der Waals surface area (Å²) in [5, 5.41) is 24.7. The minimum Gasteiger partial charge on any atom is -0.324 e. The highest BCUT2D eigenvalue weighted by Gasteiger charge is 2.28. The van der Waals surface area contributed by atoms with Gasteiger partial charge in [0.05, 0.1) is 26.1 Å². The number of sulfonamides is 1.